The van der Waals surface area contributed by atoms with E-state index in [1.807, 2.05) is 36.4 Å². The van der Waals surface area contributed by atoms with Crippen molar-refractivity contribution in [2.75, 3.05) is 0 Å². The summed E-state index contributed by atoms with van der Waals surface area (Å²) in [6.45, 7) is 0. The van der Waals surface area contributed by atoms with Gasteiger partial charge >= 0.3 is 5.97 Å². The molecule has 0 bridgehead atoms. The standard InChI is InChI=1S/C15H14BrNO2/c16-13-3-1-2-12(10-13)14(15(18)19)5-4-11-6-8-17-9-7-11/h1-3,6-10,14H,4-5H2,(H,18,19). The maximum atomic E-state index is 11.4. The van der Waals surface area contributed by atoms with Gasteiger partial charge in [0.1, 0.15) is 0 Å². The van der Waals surface area contributed by atoms with Crippen molar-refractivity contribution in [3.8, 4) is 0 Å². The molecule has 19 heavy (non-hydrogen) atoms. The number of carboxylic acid groups (broad SMARTS) is 1. The fraction of sp³-hybridized carbons (Fsp3) is 0.200. The monoisotopic (exact) mass is 319 g/mol. The SMILES string of the molecule is O=C(O)C(CCc1ccncc1)c1cccc(Br)c1. The van der Waals surface area contributed by atoms with Gasteiger partial charge < -0.3 is 5.11 Å². The van der Waals surface area contributed by atoms with Crippen LogP contribution in [0.5, 0.6) is 0 Å². The quantitative estimate of drug-likeness (QED) is 0.915. The molecule has 0 fully saturated rings. The van der Waals surface area contributed by atoms with Crippen LogP contribution in [0.25, 0.3) is 0 Å². The molecule has 1 atom stereocenters. The third-order valence-electron chi connectivity index (χ3n) is 3.02. The number of hydrogen-bond acceptors (Lipinski definition) is 2. The Morgan fingerprint density at radius 1 is 1.26 bits per heavy atom. The average molecular weight is 320 g/mol. The van der Waals surface area contributed by atoms with Crippen molar-refractivity contribution >= 4 is 21.9 Å². The summed E-state index contributed by atoms with van der Waals surface area (Å²) >= 11 is 3.37. The normalized spacial score (nSPS) is 12.1. The van der Waals surface area contributed by atoms with Gasteiger partial charge in [0.05, 0.1) is 5.92 Å². The first-order valence-corrected chi connectivity index (χ1v) is 6.83. The van der Waals surface area contributed by atoms with Crippen LogP contribution in [0.1, 0.15) is 23.5 Å². The molecule has 1 heterocycles. The highest BCUT2D eigenvalue weighted by Gasteiger charge is 2.19. The smallest absolute Gasteiger partial charge is 0.310 e. The summed E-state index contributed by atoms with van der Waals surface area (Å²) in [4.78, 5) is 15.4. The van der Waals surface area contributed by atoms with E-state index in [1.54, 1.807) is 12.4 Å². The third kappa shape index (κ3) is 3.89. The molecule has 0 spiro atoms. The van der Waals surface area contributed by atoms with Gasteiger partial charge in [0, 0.05) is 16.9 Å². The number of carbonyl (C=O) groups is 1. The summed E-state index contributed by atoms with van der Waals surface area (Å²) in [7, 11) is 0. The van der Waals surface area contributed by atoms with E-state index in [2.05, 4.69) is 20.9 Å². The minimum atomic E-state index is -0.785. The van der Waals surface area contributed by atoms with Crippen LogP contribution in [0.3, 0.4) is 0 Å². The van der Waals surface area contributed by atoms with Crippen LogP contribution >= 0.6 is 15.9 Å². The Labute approximate surface area is 120 Å². The van der Waals surface area contributed by atoms with Gasteiger partial charge in [-0.25, -0.2) is 0 Å². The molecule has 1 aromatic carbocycles. The Morgan fingerprint density at radius 3 is 2.63 bits per heavy atom. The van der Waals surface area contributed by atoms with E-state index in [-0.39, 0.29) is 0 Å². The first-order valence-electron chi connectivity index (χ1n) is 6.04. The summed E-state index contributed by atoms with van der Waals surface area (Å²) in [6.07, 6.45) is 4.76. The molecular formula is C15H14BrNO2. The summed E-state index contributed by atoms with van der Waals surface area (Å²) in [5, 5.41) is 9.37. The molecule has 3 nitrogen and oxygen atoms in total. The zero-order chi connectivity index (χ0) is 13.7. The number of pyridine rings is 1. The number of halogens is 1. The molecule has 1 N–H and O–H groups in total. The molecule has 0 aliphatic carbocycles. The van der Waals surface area contributed by atoms with E-state index in [0.717, 1.165) is 22.0 Å². The zero-order valence-corrected chi connectivity index (χ0v) is 11.9. The van der Waals surface area contributed by atoms with E-state index in [1.165, 1.54) is 0 Å². The largest absolute Gasteiger partial charge is 0.481 e. The number of carboxylic acids is 1. The molecule has 1 aromatic heterocycles. The fourth-order valence-electron chi connectivity index (χ4n) is 2.02. The lowest BCUT2D eigenvalue weighted by molar-refractivity contribution is -0.138. The van der Waals surface area contributed by atoms with Crippen LogP contribution in [-0.2, 0) is 11.2 Å². The van der Waals surface area contributed by atoms with Crippen molar-refractivity contribution < 1.29 is 9.90 Å². The Bertz CT molecular complexity index is 557. The zero-order valence-electron chi connectivity index (χ0n) is 10.3. The van der Waals surface area contributed by atoms with Gasteiger partial charge in [0.15, 0.2) is 0 Å². The Balaban J connectivity index is 2.11. The number of aryl methyl sites for hydroxylation is 1. The second-order valence-electron chi connectivity index (χ2n) is 4.34. The van der Waals surface area contributed by atoms with Gasteiger partial charge in [-0.3, -0.25) is 9.78 Å². The molecule has 2 aromatic rings. The molecular weight excluding hydrogens is 306 g/mol. The van der Waals surface area contributed by atoms with Crippen LogP contribution in [-0.4, -0.2) is 16.1 Å². The van der Waals surface area contributed by atoms with Crippen molar-refractivity contribution in [1.82, 2.24) is 4.98 Å². The first kappa shape index (κ1) is 13.7. The third-order valence-corrected chi connectivity index (χ3v) is 3.51. The number of rotatable bonds is 5. The van der Waals surface area contributed by atoms with E-state index in [0.29, 0.717) is 6.42 Å². The van der Waals surface area contributed by atoms with Gasteiger partial charge in [-0.1, -0.05) is 28.1 Å². The molecule has 98 valence electrons. The minimum Gasteiger partial charge on any atom is -0.481 e. The molecule has 0 saturated carbocycles. The fourth-order valence-corrected chi connectivity index (χ4v) is 2.43. The second-order valence-corrected chi connectivity index (χ2v) is 5.26. The van der Waals surface area contributed by atoms with Crippen molar-refractivity contribution in [2.24, 2.45) is 0 Å². The summed E-state index contributed by atoms with van der Waals surface area (Å²) < 4.78 is 0.903. The topological polar surface area (TPSA) is 50.2 Å². The van der Waals surface area contributed by atoms with Crippen LogP contribution in [0, 0.1) is 0 Å². The molecule has 0 aliphatic rings. The van der Waals surface area contributed by atoms with Crippen molar-refractivity contribution in [3.63, 3.8) is 0 Å². The first-order chi connectivity index (χ1) is 9.16. The Hall–Kier alpha value is -1.68. The lowest BCUT2D eigenvalue weighted by atomic mass is 9.93. The molecule has 0 amide bonds. The number of hydrogen-bond donors (Lipinski definition) is 1. The maximum absolute atomic E-state index is 11.4. The highest BCUT2D eigenvalue weighted by atomic mass is 79.9. The molecule has 2 rings (SSSR count). The predicted octanol–water partition coefficient (Wildman–Crippen LogP) is 3.65. The van der Waals surface area contributed by atoms with Gasteiger partial charge in [-0.15, -0.1) is 0 Å². The van der Waals surface area contributed by atoms with Gasteiger partial charge in [-0.2, -0.15) is 0 Å². The van der Waals surface area contributed by atoms with Gasteiger partial charge in [0.25, 0.3) is 0 Å². The summed E-state index contributed by atoms with van der Waals surface area (Å²) in [5.74, 6) is -1.27. The minimum absolute atomic E-state index is 0.481. The highest BCUT2D eigenvalue weighted by molar-refractivity contribution is 9.10. The molecule has 4 heteroatoms. The molecule has 0 saturated heterocycles. The van der Waals surface area contributed by atoms with Crippen LogP contribution in [0.4, 0.5) is 0 Å². The Kier molecular flexibility index (Phi) is 4.68. The summed E-state index contributed by atoms with van der Waals surface area (Å²) in [5.41, 5.74) is 1.94. The summed E-state index contributed by atoms with van der Waals surface area (Å²) in [6, 6.07) is 11.3. The molecule has 0 aliphatic heterocycles. The number of aliphatic carboxylic acids is 1. The highest BCUT2D eigenvalue weighted by Crippen LogP contribution is 2.24. The van der Waals surface area contributed by atoms with Crippen LogP contribution in [0.2, 0.25) is 0 Å². The maximum Gasteiger partial charge on any atom is 0.310 e. The van der Waals surface area contributed by atoms with E-state index in [4.69, 9.17) is 0 Å². The van der Waals surface area contributed by atoms with E-state index in [9.17, 15) is 9.90 Å². The lowest BCUT2D eigenvalue weighted by Gasteiger charge is -2.13. The average Bonchev–Trinajstić information content (AvgIpc) is 2.40. The Morgan fingerprint density at radius 2 is 2.00 bits per heavy atom. The van der Waals surface area contributed by atoms with Crippen molar-refractivity contribution in [2.45, 2.75) is 18.8 Å². The predicted molar refractivity (Wildman–Crippen MR) is 77.1 cm³/mol. The van der Waals surface area contributed by atoms with Crippen LogP contribution < -0.4 is 0 Å². The van der Waals surface area contributed by atoms with Crippen molar-refractivity contribution in [3.05, 3.63) is 64.4 Å². The van der Waals surface area contributed by atoms with Gasteiger partial charge in [0.2, 0.25) is 0 Å². The number of benzene rings is 1. The van der Waals surface area contributed by atoms with E-state index < -0.39 is 11.9 Å². The van der Waals surface area contributed by atoms with Crippen molar-refractivity contribution in [1.29, 1.82) is 0 Å². The number of nitrogens with zero attached hydrogens (tertiary/aromatic N) is 1. The van der Waals surface area contributed by atoms with Gasteiger partial charge in [-0.05, 0) is 48.2 Å². The van der Waals surface area contributed by atoms with E-state index >= 15 is 0 Å². The second kappa shape index (κ2) is 6.48. The molecule has 1 unspecified atom stereocenters. The van der Waals surface area contributed by atoms with Crippen LogP contribution in [0.15, 0.2) is 53.3 Å². The lowest BCUT2D eigenvalue weighted by Crippen LogP contribution is -2.12. The number of aromatic nitrogens is 1. The molecule has 0 radical (unpaired) electrons.